The van der Waals surface area contributed by atoms with Crippen LogP contribution in [0.5, 0.6) is 5.75 Å². The maximum absolute atomic E-state index is 13.2. The minimum atomic E-state index is -0.665. The zero-order chi connectivity index (χ0) is 33.9. The first-order valence-corrected chi connectivity index (χ1v) is 15.6. The molecule has 5 rings (SSSR count). The van der Waals surface area contributed by atoms with Gasteiger partial charge >= 0.3 is 18.0 Å². The molecule has 0 saturated carbocycles. The molecule has 0 atom stereocenters. The number of methoxy groups -OCH3 is 3. The SMILES string of the molecule is COC(=O)CCc1c(C(=O)OC)[nH]c2c(-c3c(COCc4ccc(OC)cc4)nn4c3CN(C(=O)OC(C)(C)C)CC4)c(Cl)ccc12. The Hall–Kier alpha value is -4.55. The molecule has 3 heterocycles. The highest BCUT2D eigenvalue weighted by Gasteiger charge is 2.32. The fourth-order valence-electron chi connectivity index (χ4n) is 5.64. The van der Waals surface area contributed by atoms with Gasteiger partial charge in [-0.2, -0.15) is 5.10 Å². The van der Waals surface area contributed by atoms with Crippen LogP contribution < -0.4 is 4.74 Å². The van der Waals surface area contributed by atoms with Crippen molar-refractivity contribution in [1.82, 2.24) is 19.7 Å². The molecule has 4 aromatic rings. The Kier molecular flexibility index (Phi) is 10.1. The minimum Gasteiger partial charge on any atom is -0.497 e. The molecule has 0 fully saturated rings. The molecule has 0 unspecified atom stereocenters. The molecule has 1 aliphatic heterocycles. The number of aromatic amines is 1. The molecule has 13 heteroatoms. The maximum Gasteiger partial charge on any atom is 0.410 e. The topological polar surface area (TPSA) is 134 Å². The highest BCUT2D eigenvalue weighted by molar-refractivity contribution is 6.35. The van der Waals surface area contributed by atoms with Crippen LogP contribution in [-0.4, -0.2) is 71.2 Å². The van der Waals surface area contributed by atoms with Crippen LogP contribution in [0.15, 0.2) is 36.4 Å². The third kappa shape index (κ3) is 7.39. The van der Waals surface area contributed by atoms with Gasteiger partial charge in [0.1, 0.15) is 17.0 Å². The maximum atomic E-state index is 13.2. The predicted molar refractivity (Wildman–Crippen MR) is 174 cm³/mol. The number of nitrogens with zero attached hydrogens (tertiary/aromatic N) is 3. The number of aryl methyl sites for hydroxylation is 1. The number of hydrogen-bond donors (Lipinski definition) is 1. The van der Waals surface area contributed by atoms with Crippen LogP contribution in [0, 0.1) is 0 Å². The third-order valence-corrected chi connectivity index (χ3v) is 8.16. The van der Waals surface area contributed by atoms with E-state index >= 15 is 0 Å². The second-order valence-corrected chi connectivity index (χ2v) is 12.5. The summed E-state index contributed by atoms with van der Waals surface area (Å²) in [5.74, 6) is -0.244. The van der Waals surface area contributed by atoms with E-state index in [-0.39, 0.29) is 31.7 Å². The van der Waals surface area contributed by atoms with E-state index in [2.05, 4.69) is 4.98 Å². The molecule has 47 heavy (non-hydrogen) atoms. The van der Waals surface area contributed by atoms with Crippen molar-refractivity contribution in [3.05, 3.63) is 69.6 Å². The molecule has 1 amide bonds. The fourth-order valence-corrected chi connectivity index (χ4v) is 5.89. The number of aromatic nitrogens is 3. The molecular formula is C34H39ClN4O8. The van der Waals surface area contributed by atoms with Crippen molar-refractivity contribution in [2.24, 2.45) is 0 Å². The number of halogens is 1. The van der Waals surface area contributed by atoms with Gasteiger partial charge in [-0.3, -0.25) is 9.48 Å². The monoisotopic (exact) mass is 666 g/mol. The first kappa shape index (κ1) is 33.8. The molecule has 1 aliphatic rings. The number of hydrogen-bond acceptors (Lipinski definition) is 9. The number of fused-ring (bicyclic) bond motifs is 2. The second kappa shape index (κ2) is 14.1. The van der Waals surface area contributed by atoms with Crippen LogP contribution in [-0.2, 0) is 56.5 Å². The van der Waals surface area contributed by atoms with Crippen LogP contribution in [0.1, 0.15) is 60.2 Å². The van der Waals surface area contributed by atoms with Crippen molar-refractivity contribution in [2.75, 3.05) is 27.9 Å². The van der Waals surface area contributed by atoms with E-state index in [1.807, 2.05) is 49.7 Å². The largest absolute Gasteiger partial charge is 0.497 e. The molecule has 250 valence electrons. The van der Waals surface area contributed by atoms with E-state index in [0.717, 1.165) is 17.0 Å². The number of ether oxygens (including phenoxy) is 5. The molecule has 0 saturated heterocycles. The Morgan fingerprint density at radius 2 is 1.70 bits per heavy atom. The first-order valence-electron chi connectivity index (χ1n) is 15.2. The van der Waals surface area contributed by atoms with Gasteiger partial charge in [0.2, 0.25) is 0 Å². The van der Waals surface area contributed by atoms with Gasteiger partial charge in [0.05, 0.1) is 69.6 Å². The van der Waals surface area contributed by atoms with Crippen molar-refractivity contribution in [1.29, 1.82) is 0 Å². The van der Waals surface area contributed by atoms with Crippen LogP contribution in [0.2, 0.25) is 5.02 Å². The average molecular weight is 667 g/mol. The summed E-state index contributed by atoms with van der Waals surface area (Å²) in [5, 5.41) is 6.01. The highest BCUT2D eigenvalue weighted by Crippen LogP contribution is 2.42. The van der Waals surface area contributed by atoms with E-state index in [1.165, 1.54) is 14.2 Å². The Balaban J connectivity index is 1.61. The molecular weight excluding hydrogens is 628 g/mol. The third-order valence-electron chi connectivity index (χ3n) is 7.85. The molecule has 0 spiro atoms. The van der Waals surface area contributed by atoms with Crippen LogP contribution in [0.25, 0.3) is 22.0 Å². The lowest BCUT2D eigenvalue weighted by Gasteiger charge is -2.31. The summed E-state index contributed by atoms with van der Waals surface area (Å²) in [6.07, 6.45) is -0.145. The van der Waals surface area contributed by atoms with Crippen molar-refractivity contribution in [2.45, 2.75) is 65.5 Å². The summed E-state index contributed by atoms with van der Waals surface area (Å²) in [4.78, 5) is 43.1. The number of benzene rings is 2. The smallest absolute Gasteiger partial charge is 0.410 e. The second-order valence-electron chi connectivity index (χ2n) is 12.1. The number of rotatable bonds is 10. The standard InChI is InChI=1S/C34H39ClN4O8/c1-34(2,3)47-33(42)38-15-16-39-26(17-38)29(25(37-39)19-46-18-20-7-9-21(43-4)10-8-20)28-24(35)13-11-22-23(12-14-27(40)44-5)31(32(41)45-6)36-30(22)28/h7-11,13,36H,12,14-19H2,1-6H3. The van der Waals surface area contributed by atoms with Crippen LogP contribution in [0.3, 0.4) is 0 Å². The quantitative estimate of drug-likeness (QED) is 0.158. The number of amides is 1. The summed E-state index contributed by atoms with van der Waals surface area (Å²) in [6, 6.07) is 11.1. The zero-order valence-corrected chi connectivity index (χ0v) is 28.2. The van der Waals surface area contributed by atoms with Gasteiger partial charge in [-0.25, -0.2) is 9.59 Å². The van der Waals surface area contributed by atoms with E-state index in [0.29, 0.717) is 58.0 Å². The van der Waals surface area contributed by atoms with E-state index in [9.17, 15) is 14.4 Å². The summed E-state index contributed by atoms with van der Waals surface area (Å²) in [5.41, 5.74) is 4.29. The number of nitrogens with one attached hydrogen (secondary N) is 1. The minimum absolute atomic E-state index is 0.0594. The van der Waals surface area contributed by atoms with Gasteiger partial charge in [0.15, 0.2) is 0 Å². The Labute approximate surface area is 277 Å². The summed E-state index contributed by atoms with van der Waals surface area (Å²) >= 11 is 6.97. The lowest BCUT2D eigenvalue weighted by molar-refractivity contribution is -0.140. The molecule has 1 N–H and O–H groups in total. The van der Waals surface area contributed by atoms with Crippen molar-refractivity contribution >= 4 is 40.5 Å². The summed E-state index contributed by atoms with van der Waals surface area (Å²) in [7, 11) is 4.23. The molecule has 0 bridgehead atoms. The van der Waals surface area contributed by atoms with Gasteiger partial charge in [-0.1, -0.05) is 29.8 Å². The molecule has 0 aliphatic carbocycles. The average Bonchev–Trinajstić information content (AvgIpc) is 3.60. The van der Waals surface area contributed by atoms with Gasteiger partial charge < -0.3 is 33.6 Å². The Morgan fingerprint density at radius 3 is 2.36 bits per heavy atom. The van der Waals surface area contributed by atoms with Gasteiger partial charge in [-0.05, 0) is 56.5 Å². The summed E-state index contributed by atoms with van der Waals surface area (Å²) < 4.78 is 28.9. The fraction of sp³-hybridized carbons (Fsp3) is 0.412. The van der Waals surface area contributed by atoms with Crippen molar-refractivity contribution < 1.29 is 38.1 Å². The van der Waals surface area contributed by atoms with Crippen LogP contribution in [0.4, 0.5) is 4.79 Å². The Bertz CT molecular complexity index is 1790. The number of H-pyrrole nitrogens is 1. The van der Waals surface area contributed by atoms with Gasteiger partial charge in [0, 0.05) is 29.5 Å². The highest BCUT2D eigenvalue weighted by atomic mass is 35.5. The molecule has 0 radical (unpaired) electrons. The Morgan fingerprint density at radius 1 is 0.957 bits per heavy atom. The zero-order valence-electron chi connectivity index (χ0n) is 27.4. The van der Waals surface area contributed by atoms with Crippen molar-refractivity contribution in [3.8, 4) is 16.9 Å². The van der Waals surface area contributed by atoms with Crippen LogP contribution >= 0.6 is 11.6 Å². The lowest BCUT2D eigenvalue weighted by atomic mass is 9.97. The molecule has 12 nitrogen and oxygen atoms in total. The number of esters is 2. The lowest BCUT2D eigenvalue weighted by Crippen LogP contribution is -2.41. The van der Waals surface area contributed by atoms with Gasteiger partial charge in [-0.15, -0.1) is 0 Å². The summed E-state index contributed by atoms with van der Waals surface area (Å²) in [6.45, 7) is 6.97. The first-order chi connectivity index (χ1) is 22.4. The van der Waals surface area contributed by atoms with Crippen molar-refractivity contribution in [3.63, 3.8) is 0 Å². The number of carbonyl (C=O) groups excluding carboxylic acids is 3. The predicted octanol–water partition coefficient (Wildman–Crippen LogP) is 6.05. The molecule has 2 aromatic carbocycles. The van der Waals surface area contributed by atoms with E-state index in [1.54, 1.807) is 24.1 Å². The van der Waals surface area contributed by atoms with Gasteiger partial charge in [0.25, 0.3) is 0 Å². The van der Waals surface area contributed by atoms with E-state index < -0.39 is 23.6 Å². The normalized spacial score (nSPS) is 13.0. The number of carbonyl (C=O) groups is 3. The van der Waals surface area contributed by atoms with E-state index in [4.69, 9.17) is 40.4 Å². The molecule has 2 aromatic heterocycles.